The van der Waals surface area contributed by atoms with E-state index in [-0.39, 0.29) is 6.42 Å². The van der Waals surface area contributed by atoms with Gasteiger partial charge in [0.2, 0.25) is 0 Å². The Morgan fingerprint density at radius 2 is 2.09 bits per heavy atom. The minimum Gasteiger partial charge on any atom is -0.333 e. The van der Waals surface area contributed by atoms with Crippen molar-refractivity contribution in [2.24, 2.45) is 5.92 Å². The molecule has 0 unspecified atom stereocenters. The van der Waals surface area contributed by atoms with E-state index in [1.165, 1.54) is 4.90 Å². The molecule has 1 aromatic rings. The minimum atomic E-state index is -0.632. The van der Waals surface area contributed by atoms with Crippen molar-refractivity contribution < 1.29 is 9.59 Å². The molecule has 1 fully saturated rings. The fourth-order valence-corrected chi connectivity index (χ4v) is 2.26. The first kappa shape index (κ1) is 16.0. The molecule has 5 nitrogen and oxygen atoms in total. The van der Waals surface area contributed by atoms with Gasteiger partial charge in [0.25, 0.3) is 0 Å². The van der Waals surface area contributed by atoms with Gasteiger partial charge >= 0.3 is 11.8 Å². The summed E-state index contributed by atoms with van der Waals surface area (Å²) >= 11 is 0. The van der Waals surface area contributed by atoms with Gasteiger partial charge in [0.15, 0.2) is 0 Å². The van der Waals surface area contributed by atoms with E-state index >= 15 is 0 Å². The van der Waals surface area contributed by atoms with E-state index < -0.39 is 11.8 Å². The number of nitrogens with zero attached hydrogens (tertiary/aromatic N) is 2. The number of nitriles is 1. The molecule has 22 heavy (non-hydrogen) atoms. The second-order valence-electron chi connectivity index (χ2n) is 5.88. The van der Waals surface area contributed by atoms with Crippen molar-refractivity contribution in [3.05, 3.63) is 29.3 Å². The predicted octanol–water partition coefficient (Wildman–Crippen LogP) is 2.39. The molecule has 1 aromatic carbocycles. The summed E-state index contributed by atoms with van der Waals surface area (Å²) in [5.74, 6) is -0.702. The number of rotatable bonds is 5. The van der Waals surface area contributed by atoms with Gasteiger partial charge in [0, 0.05) is 18.8 Å². The van der Waals surface area contributed by atoms with Gasteiger partial charge in [0.05, 0.1) is 12.5 Å². The summed E-state index contributed by atoms with van der Waals surface area (Å²) in [6, 6.07) is 7.74. The monoisotopic (exact) mass is 299 g/mol. The molecule has 0 aliphatic heterocycles. The summed E-state index contributed by atoms with van der Waals surface area (Å²) in [6.07, 6.45) is 2.43. The third-order valence-corrected chi connectivity index (χ3v) is 3.79. The number of amides is 2. The minimum absolute atomic E-state index is 0.245. The van der Waals surface area contributed by atoms with Crippen LogP contribution in [0, 0.1) is 31.1 Å². The molecular formula is C17H21N3O2. The molecule has 1 aliphatic rings. The van der Waals surface area contributed by atoms with Crippen molar-refractivity contribution in [3.63, 3.8) is 0 Å². The van der Waals surface area contributed by atoms with E-state index in [1.807, 2.05) is 38.1 Å². The maximum atomic E-state index is 12.3. The lowest BCUT2D eigenvalue weighted by Crippen LogP contribution is -2.41. The highest BCUT2D eigenvalue weighted by molar-refractivity contribution is 6.39. The molecule has 0 radical (unpaired) electrons. The quantitative estimate of drug-likeness (QED) is 0.848. The fourth-order valence-electron chi connectivity index (χ4n) is 2.26. The maximum absolute atomic E-state index is 12.3. The normalized spacial score (nSPS) is 13.3. The van der Waals surface area contributed by atoms with Gasteiger partial charge < -0.3 is 10.2 Å². The van der Waals surface area contributed by atoms with E-state index in [0.29, 0.717) is 24.7 Å². The van der Waals surface area contributed by atoms with Crippen LogP contribution in [0.1, 0.15) is 30.4 Å². The molecule has 0 bridgehead atoms. The molecular weight excluding hydrogens is 278 g/mol. The molecule has 0 heterocycles. The van der Waals surface area contributed by atoms with Crippen molar-refractivity contribution in [2.45, 2.75) is 33.1 Å². The van der Waals surface area contributed by atoms with Gasteiger partial charge in [-0.25, -0.2) is 0 Å². The second-order valence-corrected chi connectivity index (χ2v) is 5.88. The van der Waals surface area contributed by atoms with Crippen LogP contribution in [0.3, 0.4) is 0 Å². The first-order chi connectivity index (χ1) is 10.5. The van der Waals surface area contributed by atoms with Crippen LogP contribution in [0.2, 0.25) is 0 Å². The third-order valence-electron chi connectivity index (χ3n) is 3.79. The Kier molecular flexibility index (Phi) is 5.16. The number of carbonyl (C=O) groups excluding carboxylic acids is 2. The highest BCUT2D eigenvalue weighted by Gasteiger charge is 2.29. The topological polar surface area (TPSA) is 73.2 Å². The van der Waals surface area contributed by atoms with Crippen LogP contribution in [0.15, 0.2) is 18.2 Å². The summed E-state index contributed by atoms with van der Waals surface area (Å²) < 4.78 is 0. The zero-order valence-electron chi connectivity index (χ0n) is 13.1. The molecule has 0 spiro atoms. The fraction of sp³-hybridized carbons (Fsp3) is 0.471. The third kappa shape index (κ3) is 4.32. The average molecular weight is 299 g/mol. The van der Waals surface area contributed by atoms with Crippen molar-refractivity contribution in [1.82, 2.24) is 4.90 Å². The molecule has 116 valence electrons. The number of anilines is 1. The summed E-state index contributed by atoms with van der Waals surface area (Å²) in [5.41, 5.74) is 2.59. The molecule has 2 rings (SSSR count). The standard InChI is InChI=1S/C17H21N3O2/c1-12-4-5-13(2)15(10-12)19-16(21)17(22)20(9-3-8-18)11-14-6-7-14/h4-5,10,14H,3,6-7,9,11H2,1-2H3,(H,19,21). The Balaban J connectivity index is 2.03. The Bertz CT molecular complexity index is 615. The Labute approximate surface area is 130 Å². The van der Waals surface area contributed by atoms with Gasteiger partial charge in [0.1, 0.15) is 0 Å². The summed E-state index contributed by atoms with van der Waals surface area (Å²) in [5, 5.41) is 11.4. The maximum Gasteiger partial charge on any atom is 0.313 e. The summed E-state index contributed by atoms with van der Waals surface area (Å²) in [4.78, 5) is 26.0. The zero-order chi connectivity index (χ0) is 16.1. The van der Waals surface area contributed by atoms with Crippen molar-refractivity contribution in [1.29, 1.82) is 5.26 Å². The lowest BCUT2D eigenvalue weighted by atomic mass is 10.1. The summed E-state index contributed by atoms with van der Waals surface area (Å²) in [7, 11) is 0. The highest BCUT2D eigenvalue weighted by Crippen LogP contribution is 2.29. The van der Waals surface area contributed by atoms with Gasteiger partial charge in [-0.1, -0.05) is 12.1 Å². The Morgan fingerprint density at radius 3 is 2.73 bits per heavy atom. The molecule has 0 aromatic heterocycles. The largest absolute Gasteiger partial charge is 0.333 e. The number of nitrogens with one attached hydrogen (secondary N) is 1. The first-order valence-corrected chi connectivity index (χ1v) is 7.55. The van der Waals surface area contributed by atoms with Gasteiger partial charge in [-0.15, -0.1) is 0 Å². The molecule has 2 amide bonds. The van der Waals surface area contributed by atoms with E-state index in [9.17, 15) is 9.59 Å². The number of hydrogen-bond donors (Lipinski definition) is 1. The highest BCUT2D eigenvalue weighted by atomic mass is 16.2. The van der Waals surface area contributed by atoms with E-state index in [2.05, 4.69) is 5.32 Å². The average Bonchev–Trinajstić information content (AvgIpc) is 3.30. The number of carbonyl (C=O) groups is 2. The predicted molar refractivity (Wildman–Crippen MR) is 84.1 cm³/mol. The zero-order valence-corrected chi connectivity index (χ0v) is 13.1. The Hall–Kier alpha value is -2.35. The van der Waals surface area contributed by atoms with Crippen LogP contribution in [0.4, 0.5) is 5.69 Å². The molecule has 1 N–H and O–H groups in total. The van der Waals surface area contributed by atoms with Crippen LogP contribution in [0.25, 0.3) is 0 Å². The number of aryl methyl sites for hydroxylation is 2. The smallest absolute Gasteiger partial charge is 0.313 e. The van der Waals surface area contributed by atoms with Crippen molar-refractivity contribution in [3.8, 4) is 6.07 Å². The second kappa shape index (κ2) is 7.08. The molecule has 1 aliphatic carbocycles. The van der Waals surface area contributed by atoms with Gasteiger partial charge in [-0.3, -0.25) is 9.59 Å². The Morgan fingerprint density at radius 1 is 1.36 bits per heavy atom. The van der Waals surface area contributed by atoms with Crippen LogP contribution in [0.5, 0.6) is 0 Å². The van der Waals surface area contributed by atoms with Crippen molar-refractivity contribution in [2.75, 3.05) is 18.4 Å². The number of hydrogen-bond acceptors (Lipinski definition) is 3. The molecule has 0 saturated heterocycles. The van der Waals surface area contributed by atoms with Crippen LogP contribution in [-0.2, 0) is 9.59 Å². The van der Waals surface area contributed by atoms with Crippen LogP contribution < -0.4 is 5.32 Å². The summed E-state index contributed by atoms with van der Waals surface area (Å²) in [6.45, 7) is 4.70. The molecule has 1 saturated carbocycles. The lowest BCUT2D eigenvalue weighted by molar-refractivity contribution is -0.143. The van der Waals surface area contributed by atoms with E-state index in [1.54, 1.807) is 0 Å². The molecule has 5 heteroatoms. The van der Waals surface area contributed by atoms with Crippen LogP contribution >= 0.6 is 0 Å². The van der Waals surface area contributed by atoms with Crippen LogP contribution in [-0.4, -0.2) is 29.8 Å². The van der Waals surface area contributed by atoms with Crippen molar-refractivity contribution >= 4 is 17.5 Å². The van der Waals surface area contributed by atoms with Gasteiger partial charge in [-0.05, 0) is 49.8 Å². The van der Waals surface area contributed by atoms with Gasteiger partial charge in [-0.2, -0.15) is 5.26 Å². The van der Waals surface area contributed by atoms with E-state index in [0.717, 1.165) is 24.0 Å². The van der Waals surface area contributed by atoms with E-state index in [4.69, 9.17) is 5.26 Å². The number of benzene rings is 1. The lowest BCUT2D eigenvalue weighted by Gasteiger charge is -2.21. The SMILES string of the molecule is Cc1ccc(C)c(NC(=O)C(=O)N(CCC#N)CC2CC2)c1. The first-order valence-electron chi connectivity index (χ1n) is 7.55. The molecule has 0 atom stereocenters.